The Morgan fingerprint density at radius 3 is 2.34 bits per heavy atom. The van der Waals surface area contributed by atoms with Crippen LogP contribution in [0.3, 0.4) is 0 Å². The van der Waals surface area contributed by atoms with Gasteiger partial charge < -0.3 is 20.3 Å². The van der Waals surface area contributed by atoms with Crippen molar-refractivity contribution in [1.82, 2.24) is 10.3 Å². The Morgan fingerprint density at radius 2 is 1.69 bits per heavy atom. The average Bonchev–Trinajstić information content (AvgIpc) is 2.84. The highest BCUT2D eigenvalue weighted by Crippen LogP contribution is 2.32. The van der Waals surface area contributed by atoms with Gasteiger partial charge in [-0.15, -0.1) is 0 Å². The van der Waals surface area contributed by atoms with Crippen LogP contribution < -0.4 is 20.3 Å². The van der Waals surface area contributed by atoms with Gasteiger partial charge in [-0.25, -0.2) is 0 Å². The molecular weight excluding hydrogens is 436 g/mol. The number of ether oxygens (including phenoxy) is 1. The Labute approximate surface area is 209 Å². The summed E-state index contributed by atoms with van der Waals surface area (Å²) in [7, 11) is 5.55. The molecule has 0 atom stereocenters. The van der Waals surface area contributed by atoms with E-state index in [1.165, 1.54) is 0 Å². The predicted molar refractivity (Wildman–Crippen MR) is 145 cm³/mol. The minimum Gasteiger partial charge on any atom is -0.496 e. The lowest BCUT2D eigenvalue weighted by Gasteiger charge is -2.31. The van der Waals surface area contributed by atoms with Gasteiger partial charge in [0.05, 0.1) is 18.2 Å². The molecule has 1 amide bonds. The van der Waals surface area contributed by atoms with Gasteiger partial charge in [0.1, 0.15) is 5.75 Å². The largest absolute Gasteiger partial charge is 0.496 e. The second-order valence-electron chi connectivity index (χ2n) is 10.8. The molecule has 0 saturated heterocycles. The number of rotatable bonds is 6. The lowest BCUT2D eigenvalue weighted by molar-refractivity contribution is 0.0923. The van der Waals surface area contributed by atoms with Gasteiger partial charge in [0.2, 0.25) is 0 Å². The minimum atomic E-state index is -0.0708. The Balaban J connectivity index is 1.41. The van der Waals surface area contributed by atoms with Crippen LogP contribution in [0.15, 0.2) is 48.5 Å². The minimum absolute atomic E-state index is 0.0196. The lowest BCUT2D eigenvalue weighted by Crippen LogP contribution is -2.40. The molecule has 1 aliphatic rings. The number of hydrogen-bond acceptors (Lipinski definition) is 5. The molecule has 3 aromatic rings. The number of aromatic nitrogens is 1. The van der Waals surface area contributed by atoms with E-state index in [1.807, 2.05) is 43.3 Å². The third-order valence-electron chi connectivity index (χ3n) is 6.85. The van der Waals surface area contributed by atoms with E-state index in [0.29, 0.717) is 17.4 Å². The molecule has 0 spiro atoms. The number of carbonyl (C=O) groups is 1. The van der Waals surface area contributed by atoms with Crippen LogP contribution in [0, 0.1) is 0 Å². The Bertz CT molecular complexity index is 1190. The molecule has 0 unspecified atom stereocenters. The van der Waals surface area contributed by atoms with E-state index in [0.717, 1.165) is 53.7 Å². The molecule has 1 aromatic heterocycles. The SMILES string of the molecule is COc1cc(N(C)C)ccc1C(=O)NC1CCC(Nc2cc(C(C)(C)C)nc3ccccc23)CC1. The molecule has 1 heterocycles. The first-order chi connectivity index (χ1) is 16.7. The molecular formula is C29H38N4O2. The number of pyridine rings is 1. The monoisotopic (exact) mass is 474 g/mol. The van der Waals surface area contributed by atoms with Gasteiger partial charge in [-0.05, 0) is 49.9 Å². The fourth-order valence-electron chi connectivity index (χ4n) is 4.69. The van der Waals surface area contributed by atoms with Gasteiger partial charge in [0, 0.05) is 60.1 Å². The summed E-state index contributed by atoms with van der Waals surface area (Å²) in [5, 5.41) is 8.19. The van der Waals surface area contributed by atoms with Crippen LogP contribution in [0.2, 0.25) is 0 Å². The van der Waals surface area contributed by atoms with Gasteiger partial charge in [0.15, 0.2) is 0 Å². The smallest absolute Gasteiger partial charge is 0.255 e. The van der Waals surface area contributed by atoms with Gasteiger partial charge in [-0.2, -0.15) is 0 Å². The number of para-hydroxylation sites is 1. The maximum absolute atomic E-state index is 13.0. The number of nitrogens with one attached hydrogen (secondary N) is 2. The van der Waals surface area contributed by atoms with Crippen LogP contribution in [0.4, 0.5) is 11.4 Å². The first-order valence-corrected chi connectivity index (χ1v) is 12.5. The number of amides is 1. The Hall–Kier alpha value is -3.28. The standard InChI is InChI=1S/C29H38N4O2/c1-29(2,3)27-18-25(22-9-7-8-10-24(22)32-27)30-19-11-13-20(14-12-19)31-28(34)23-16-15-21(33(4)5)17-26(23)35-6/h7-10,15-20H,11-14H2,1-6H3,(H,30,32)(H,31,34). The number of methoxy groups -OCH3 is 1. The number of nitrogens with zero attached hydrogens (tertiary/aromatic N) is 2. The topological polar surface area (TPSA) is 66.5 Å². The third kappa shape index (κ3) is 5.69. The van der Waals surface area contributed by atoms with Gasteiger partial charge in [0.25, 0.3) is 5.91 Å². The molecule has 0 radical (unpaired) electrons. The maximum atomic E-state index is 13.0. The lowest BCUT2D eigenvalue weighted by atomic mass is 9.89. The van der Waals surface area contributed by atoms with Crippen LogP contribution in [-0.4, -0.2) is 44.2 Å². The van der Waals surface area contributed by atoms with Crippen LogP contribution in [-0.2, 0) is 5.41 Å². The second kappa shape index (κ2) is 10.1. The van der Waals surface area contributed by atoms with Crippen molar-refractivity contribution in [2.24, 2.45) is 0 Å². The van der Waals surface area contributed by atoms with Gasteiger partial charge >= 0.3 is 0 Å². The summed E-state index contributed by atoms with van der Waals surface area (Å²) in [6.07, 6.45) is 3.89. The van der Waals surface area contributed by atoms with Gasteiger partial charge in [-0.1, -0.05) is 39.0 Å². The maximum Gasteiger partial charge on any atom is 0.255 e. The highest BCUT2D eigenvalue weighted by atomic mass is 16.5. The third-order valence-corrected chi connectivity index (χ3v) is 6.85. The molecule has 35 heavy (non-hydrogen) atoms. The molecule has 2 N–H and O–H groups in total. The van der Waals surface area contributed by atoms with Crippen molar-refractivity contribution < 1.29 is 9.53 Å². The number of benzene rings is 2. The summed E-state index contributed by atoms with van der Waals surface area (Å²) in [4.78, 5) is 19.9. The number of hydrogen-bond donors (Lipinski definition) is 2. The fourth-order valence-corrected chi connectivity index (χ4v) is 4.69. The van der Waals surface area contributed by atoms with Crippen molar-refractivity contribution >= 4 is 28.2 Å². The Kier molecular flexibility index (Phi) is 7.20. The fraction of sp³-hybridized carbons (Fsp3) is 0.448. The van der Waals surface area contributed by atoms with Crippen molar-refractivity contribution in [1.29, 1.82) is 0 Å². The van der Waals surface area contributed by atoms with Crippen LogP contribution in [0.5, 0.6) is 5.75 Å². The highest BCUT2D eigenvalue weighted by Gasteiger charge is 2.25. The molecule has 4 rings (SSSR count). The van der Waals surface area contributed by atoms with E-state index >= 15 is 0 Å². The van der Waals surface area contributed by atoms with Gasteiger partial charge in [-0.3, -0.25) is 9.78 Å². The molecule has 6 heteroatoms. The molecule has 1 aliphatic carbocycles. The van der Waals surface area contributed by atoms with Crippen LogP contribution in [0.1, 0.15) is 62.5 Å². The van der Waals surface area contributed by atoms with E-state index in [2.05, 4.69) is 55.7 Å². The average molecular weight is 475 g/mol. The number of fused-ring (bicyclic) bond motifs is 1. The zero-order valence-corrected chi connectivity index (χ0v) is 21.8. The van der Waals surface area contributed by atoms with E-state index in [1.54, 1.807) is 7.11 Å². The Morgan fingerprint density at radius 1 is 1.00 bits per heavy atom. The first-order valence-electron chi connectivity index (χ1n) is 12.5. The molecule has 2 aromatic carbocycles. The molecule has 1 saturated carbocycles. The highest BCUT2D eigenvalue weighted by molar-refractivity contribution is 5.97. The molecule has 0 aliphatic heterocycles. The van der Waals surface area contributed by atoms with Crippen molar-refractivity contribution in [2.75, 3.05) is 31.4 Å². The summed E-state index contributed by atoms with van der Waals surface area (Å²) < 4.78 is 5.50. The van der Waals surface area contributed by atoms with Crippen LogP contribution >= 0.6 is 0 Å². The predicted octanol–water partition coefficient (Wildman–Crippen LogP) is 5.76. The molecule has 1 fully saturated rings. The van der Waals surface area contributed by atoms with Crippen molar-refractivity contribution in [3.63, 3.8) is 0 Å². The van der Waals surface area contributed by atoms with E-state index in [4.69, 9.17) is 9.72 Å². The zero-order valence-electron chi connectivity index (χ0n) is 21.8. The summed E-state index contributed by atoms with van der Waals surface area (Å²) in [5.74, 6) is 0.529. The van der Waals surface area contributed by atoms with Crippen molar-refractivity contribution in [2.45, 2.75) is 64.0 Å². The summed E-state index contributed by atoms with van der Waals surface area (Å²) >= 11 is 0. The summed E-state index contributed by atoms with van der Waals surface area (Å²) in [6, 6.07) is 16.8. The number of anilines is 2. The molecule has 186 valence electrons. The normalized spacial score (nSPS) is 18.2. The quantitative estimate of drug-likeness (QED) is 0.475. The second-order valence-corrected chi connectivity index (χ2v) is 10.8. The van der Waals surface area contributed by atoms with Crippen LogP contribution in [0.25, 0.3) is 10.9 Å². The molecule has 0 bridgehead atoms. The van der Waals surface area contributed by atoms with E-state index in [-0.39, 0.29) is 17.4 Å². The summed E-state index contributed by atoms with van der Waals surface area (Å²) in [6.45, 7) is 6.60. The van der Waals surface area contributed by atoms with Crippen molar-refractivity contribution in [3.05, 3.63) is 59.8 Å². The summed E-state index contributed by atoms with van der Waals surface area (Å²) in [5.41, 5.74) is 4.83. The first kappa shape index (κ1) is 24.8. The molecule has 6 nitrogen and oxygen atoms in total. The zero-order chi connectivity index (χ0) is 25.2. The van der Waals surface area contributed by atoms with Crippen molar-refractivity contribution in [3.8, 4) is 5.75 Å². The van der Waals surface area contributed by atoms with E-state index < -0.39 is 0 Å². The number of carbonyl (C=O) groups excluding carboxylic acids is 1. The van der Waals surface area contributed by atoms with E-state index in [9.17, 15) is 4.79 Å².